The van der Waals surface area contributed by atoms with Gasteiger partial charge in [-0.05, 0) is 0 Å². The molecule has 0 aliphatic rings. The van der Waals surface area contributed by atoms with Crippen molar-refractivity contribution in [3.8, 4) is 0 Å². The first-order chi connectivity index (χ1) is 4.16. The van der Waals surface area contributed by atoms with Crippen LogP contribution in [-0.2, 0) is 9.47 Å². The molecule has 5 heteroatoms. The summed E-state index contributed by atoms with van der Waals surface area (Å²) in [6, 6.07) is 0. The lowest BCUT2D eigenvalue weighted by molar-refractivity contribution is 0.0758. The largest absolute Gasteiger partial charge is 0.523 e. The van der Waals surface area contributed by atoms with Crippen molar-refractivity contribution >= 4 is 12.3 Å². The van der Waals surface area contributed by atoms with Gasteiger partial charge in [-0.1, -0.05) is 6.58 Å². The highest BCUT2D eigenvalue weighted by Gasteiger charge is 2.06. The van der Waals surface area contributed by atoms with E-state index >= 15 is 0 Å². The van der Waals surface area contributed by atoms with Crippen LogP contribution in [-0.4, -0.2) is 17.4 Å². The fourth-order valence-electron chi connectivity index (χ4n) is 0.163. The molecule has 0 saturated carbocycles. The van der Waals surface area contributed by atoms with Gasteiger partial charge in [0.15, 0.2) is 0 Å². The number of carbonyl (C=O) groups excluding carboxylic acids is 1. The summed E-state index contributed by atoms with van der Waals surface area (Å²) in [7, 11) is 0. The fraction of sp³-hybridized carbons (Fsp3) is 0. The van der Waals surface area contributed by atoms with Crippen LogP contribution in [0.2, 0.25) is 0 Å². The van der Waals surface area contributed by atoms with Crippen LogP contribution in [0.4, 0.5) is 9.59 Å². The van der Waals surface area contributed by atoms with Gasteiger partial charge >= 0.3 is 12.3 Å². The molecule has 0 saturated heterocycles. The Bertz CT molecular complexity index is 138. The van der Waals surface area contributed by atoms with Gasteiger partial charge in [0.05, 0.1) is 6.26 Å². The topological polar surface area (TPSA) is 72.8 Å². The maximum atomic E-state index is 9.96. The molecule has 0 rings (SSSR count). The van der Waals surface area contributed by atoms with E-state index in [4.69, 9.17) is 5.11 Å². The molecular formula is C4H4O5. The van der Waals surface area contributed by atoms with E-state index in [1.54, 1.807) is 0 Å². The minimum atomic E-state index is -1.71. The van der Waals surface area contributed by atoms with Crippen LogP contribution < -0.4 is 0 Å². The van der Waals surface area contributed by atoms with E-state index in [1.807, 2.05) is 0 Å². The number of carboxylic acid groups (broad SMARTS) is 1. The minimum Gasteiger partial charge on any atom is -0.449 e. The SMILES string of the molecule is C=COC(=O)OC(=O)O. The molecule has 0 aromatic heterocycles. The molecule has 5 nitrogen and oxygen atoms in total. The number of hydrogen-bond acceptors (Lipinski definition) is 4. The zero-order valence-corrected chi connectivity index (χ0v) is 4.36. The van der Waals surface area contributed by atoms with Gasteiger partial charge in [-0.3, -0.25) is 0 Å². The summed E-state index contributed by atoms with van der Waals surface area (Å²) >= 11 is 0. The van der Waals surface area contributed by atoms with Crippen LogP contribution in [0.3, 0.4) is 0 Å². The monoisotopic (exact) mass is 132 g/mol. The molecule has 0 bridgehead atoms. The predicted molar refractivity (Wildman–Crippen MR) is 25.8 cm³/mol. The Morgan fingerprint density at radius 1 is 1.56 bits per heavy atom. The third kappa shape index (κ3) is 4.33. The molecular weight excluding hydrogens is 128 g/mol. The Morgan fingerprint density at radius 2 is 2.11 bits per heavy atom. The quantitative estimate of drug-likeness (QED) is 0.326. The Hall–Kier alpha value is -1.52. The standard InChI is InChI=1S/C4H4O5/c1-2-8-4(7)9-3(5)6/h2H,1H2,(H,5,6). The predicted octanol–water partition coefficient (Wildman–Crippen LogP) is 0.961. The number of rotatable bonds is 1. The lowest BCUT2D eigenvalue weighted by atomic mass is 11.1. The molecule has 0 aromatic carbocycles. The van der Waals surface area contributed by atoms with Crippen molar-refractivity contribution in [2.45, 2.75) is 0 Å². The average Bonchev–Trinajstić information content (AvgIpc) is 1.63. The van der Waals surface area contributed by atoms with E-state index in [2.05, 4.69) is 16.1 Å². The average molecular weight is 132 g/mol. The van der Waals surface area contributed by atoms with E-state index in [0.29, 0.717) is 0 Å². The summed E-state index contributed by atoms with van der Waals surface area (Å²) in [5.74, 6) is 0. The summed E-state index contributed by atoms with van der Waals surface area (Å²) in [4.78, 5) is 19.5. The summed E-state index contributed by atoms with van der Waals surface area (Å²) in [5.41, 5.74) is 0. The summed E-state index contributed by atoms with van der Waals surface area (Å²) in [6.07, 6.45) is -2.25. The molecule has 0 unspecified atom stereocenters. The minimum absolute atomic E-state index is 0.769. The molecule has 0 aliphatic heterocycles. The van der Waals surface area contributed by atoms with Gasteiger partial charge in [0, 0.05) is 0 Å². The van der Waals surface area contributed by atoms with Crippen LogP contribution in [0.5, 0.6) is 0 Å². The maximum absolute atomic E-state index is 9.96. The third-order valence-corrected chi connectivity index (χ3v) is 0.350. The second kappa shape index (κ2) is 3.48. The zero-order chi connectivity index (χ0) is 7.28. The highest BCUT2D eigenvalue weighted by atomic mass is 16.8. The van der Waals surface area contributed by atoms with Crippen LogP contribution in [0.15, 0.2) is 12.8 Å². The van der Waals surface area contributed by atoms with Crippen molar-refractivity contribution < 1.29 is 24.2 Å². The molecule has 0 fully saturated rings. The smallest absolute Gasteiger partial charge is 0.449 e. The van der Waals surface area contributed by atoms with Crippen molar-refractivity contribution in [3.63, 3.8) is 0 Å². The third-order valence-electron chi connectivity index (χ3n) is 0.350. The van der Waals surface area contributed by atoms with Crippen molar-refractivity contribution in [3.05, 3.63) is 12.8 Å². The highest BCUT2D eigenvalue weighted by molar-refractivity contribution is 5.75. The zero-order valence-electron chi connectivity index (χ0n) is 4.36. The lowest BCUT2D eigenvalue weighted by Crippen LogP contribution is -2.08. The van der Waals surface area contributed by atoms with Crippen molar-refractivity contribution in [2.75, 3.05) is 0 Å². The molecule has 1 N–H and O–H groups in total. The van der Waals surface area contributed by atoms with Crippen LogP contribution in [0.25, 0.3) is 0 Å². The molecule has 0 amide bonds. The number of hydrogen-bond donors (Lipinski definition) is 1. The van der Waals surface area contributed by atoms with Crippen LogP contribution in [0, 0.1) is 0 Å². The molecule has 0 aliphatic carbocycles. The Labute approximate surface area is 50.5 Å². The molecule has 0 radical (unpaired) electrons. The Kier molecular flexibility index (Phi) is 2.89. The molecule has 0 atom stereocenters. The first kappa shape index (κ1) is 7.48. The van der Waals surface area contributed by atoms with Gasteiger partial charge < -0.3 is 14.6 Å². The summed E-state index contributed by atoms with van der Waals surface area (Å²) in [5, 5.41) is 7.75. The fourth-order valence-corrected chi connectivity index (χ4v) is 0.163. The molecule has 50 valence electrons. The Balaban J connectivity index is 3.50. The lowest BCUT2D eigenvalue weighted by Gasteiger charge is -1.92. The van der Waals surface area contributed by atoms with E-state index < -0.39 is 12.3 Å². The summed E-state index contributed by atoms with van der Waals surface area (Å²) in [6.45, 7) is 2.99. The van der Waals surface area contributed by atoms with Crippen molar-refractivity contribution in [1.29, 1.82) is 0 Å². The molecule has 0 aromatic rings. The number of carbonyl (C=O) groups is 2. The normalized spacial score (nSPS) is 7.56. The van der Waals surface area contributed by atoms with Gasteiger partial charge in [-0.25, -0.2) is 9.59 Å². The van der Waals surface area contributed by atoms with Gasteiger partial charge in [-0.2, -0.15) is 0 Å². The molecule has 0 spiro atoms. The first-order valence-corrected chi connectivity index (χ1v) is 1.89. The first-order valence-electron chi connectivity index (χ1n) is 1.89. The van der Waals surface area contributed by atoms with Crippen LogP contribution in [0.1, 0.15) is 0 Å². The molecule has 0 heterocycles. The Morgan fingerprint density at radius 3 is 2.44 bits per heavy atom. The molecule has 9 heavy (non-hydrogen) atoms. The van der Waals surface area contributed by atoms with Gasteiger partial charge in [0.25, 0.3) is 0 Å². The van der Waals surface area contributed by atoms with Crippen molar-refractivity contribution in [2.24, 2.45) is 0 Å². The van der Waals surface area contributed by atoms with Crippen molar-refractivity contribution in [1.82, 2.24) is 0 Å². The highest BCUT2D eigenvalue weighted by Crippen LogP contribution is 1.84. The van der Waals surface area contributed by atoms with Gasteiger partial charge in [-0.15, -0.1) is 0 Å². The number of ether oxygens (including phenoxy) is 2. The van der Waals surface area contributed by atoms with Gasteiger partial charge in [0.1, 0.15) is 0 Å². The van der Waals surface area contributed by atoms with Gasteiger partial charge in [0.2, 0.25) is 0 Å². The second-order valence-corrected chi connectivity index (χ2v) is 0.902. The summed E-state index contributed by atoms with van der Waals surface area (Å²) < 4.78 is 7.35. The second-order valence-electron chi connectivity index (χ2n) is 0.902. The van der Waals surface area contributed by atoms with E-state index in [0.717, 1.165) is 6.26 Å². The van der Waals surface area contributed by atoms with E-state index in [-0.39, 0.29) is 0 Å². The van der Waals surface area contributed by atoms with E-state index in [9.17, 15) is 9.59 Å². The van der Waals surface area contributed by atoms with Crippen LogP contribution >= 0.6 is 0 Å². The maximum Gasteiger partial charge on any atom is 0.523 e. The van der Waals surface area contributed by atoms with E-state index in [1.165, 1.54) is 0 Å².